The molecule has 2 fully saturated rings. The summed E-state index contributed by atoms with van der Waals surface area (Å²) < 4.78 is 14.2. The monoisotopic (exact) mass is 545 g/mol. The highest BCUT2D eigenvalue weighted by Gasteiger charge is 2.41. The minimum atomic E-state index is -1.14. The lowest BCUT2D eigenvalue weighted by Gasteiger charge is -2.43. The Kier molecular flexibility index (Phi) is 8.02. The number of carbonyl (C=O) groups excluding carboxylic acids is 3. The zero-order valence-electron chi connectivity index (χ0n) is 19.3. The fraction of sp³-hybridized carbons (Fsp3) is 0.400. The van der Waals surface area contributed by atoms with E-state index < -0.39 is 29.8 Å². The van der Waals surface area contributed by atoms with E-state index in [1.165, 1.54) is 34.1 Å². The van der Waals surface area contributed by atoms with Gasteiger partial charge >= 0.3 is 6.03 Å². The Morgan fingerprint density at radius 2 is 1.66 bits per heavy atom. The van der Waals surface area contributed by atoms with Gasteiger partial charge in [-0.2, -0.15) is 0 Å². The van der Waals surface area contributed by atoms with E-state index in [0.717, 1.165) is 30.2 Å². The number of carbonyl (C=O) groups is 3. The first kappa shape index (κ1) is 25.1. The minimum Gasteiger partial charge on any atom is -0.350 e. The molecule has 0 spiro atoms. The molecule has 2 aromatic carbocycles. The van der Waals surface area contributed by atoms with Crippen LogP contribution in [0.25, 0.3) is 0 Å². The van der Waals surface area contributed by atoms with Gasteiger partial charge in [-0.1, -0.05) is 22.0 Å². The van der Waals surface area contributed by atoms with Crippen molar-refractivity contribution in [1.82, 2.24) is 15.1 Å². The standard InChI is InChI=1S/C25H29BrFN5O3/c26-17-3-1-4-21(15-17)30-25(35)32-14-2-13-31(24(34)16-5-7-18(27)8-6-16)23(32)22(33)29-20-11-9-19(28)10-12-20/h1,3-8,15,19-20,23H,2,9-14,28H2,(H,29,33)(H,30,35). The molecule has 2 aromatic rings. The summed E-state index contributed by atoms with van der Waals surface area (Å²) in [7, 11) is 0. The summed E-state index contributed by atoms with van der Waals surface area (Å²) in [5.74, 6) is -1.30. The highest BCUT2D eigenvalue weighted by Crippen LogP contribution is 2.23. The Balaban J connectivity index is 1.58. The van der Waals surface area contributed by atoms with Gasteiger partial charge in [0, 0.05) is 40.9 Å². The van der Waals surface area contributed by atoms with Crippen LogP contribution in [0.15, 0.2) is 53.0 Å². The second-order valence-corrected chi connectivity index (χ2v) is 9.90. The Hall–Kier alpha value is -2.98. The van der Waals surface area contributed by atoms with E-state index in [1.807, 2.05) is 6.07 Å². The first-order chi connectivity index (χ1) is 16.8. The average Bonchev–Trinajstić information content (AvgIpc) is 2.85. The number of hydrogen-bond acceptors (Lipinski definition) is 4. The fourth-order valence-electron chi connectivity index (χ4n) is 4.59. The molecule has 0 radical (unpaired) electrons. The number of nitrogens with one attached hydrogen (secondary N) is 2. The van der Waals surface area contributed by atoms with Gasteiger partial charge in [-0.25, -0.2) is 9.18 Å². The quantitative estimate of drug-likeness (QED) is 0.544. The Morgan fingerprint density at radius 1 is 0.971 bits per heavy atom. The number of nitrogens with zero attached hydrogens (tertiary/aromatic N) is 2. The maximum Gasteiger partial charge on any atom is 0.323 e. The summed E-state index contributed by atoms with van der Waals surface area (Å²) in [6.45, 7) is 0.602. The van der Waals surface area contributed by atoms with Gasteiger partial charge in [-0.15, -0.1) is 0 Å². The topological polar surface area (TPSA) is 108 Å². The third-order valence-electron chi connectivity index (χ3n) is 6.43. The van der Waals surface area contributed by atoms with Crippen LogP contribution in [0.4, 0.5) is 14.9 Å². The molecule has 186 valence electrons. The molecular formula is C25H29BrFN5O3. The molecule has 4 rings (SSSR count). The van der Waals surface area contributed by atoms with E-state index in [9.17, 15) is 18.8 Å². The number of hydrogen-bond donors (Lipinski definition) is 3. The number of benzene rings is 2. The van der Waals surface area contributed by atoms with Gasteiger partial charge in [-0.3, -0.25) is 14.5 Å². The molecule has 2 aliphatic rings. The van der Waals surface area contributed by atoms with Gasteiger partial charge in [-0.05, 0) is 74.6 Å². The minimum absolute atomic E-state index is 0.0676. The Morgan fingerprint density at radius 3 is 2.34 bits per heavy atom. The summed E-state index contributed by atoms with van der Waals surface area (Å²) in [5, 5.41) is 5.86. The van der Waals surface area contributed by atoms with Crippen molar-refractivity contribution < 1.29 is 18.8 Å². The third-order valence-corrected chi connectivity index (χ3v) is 6.92. The van der Waals surface area contributed by atoms with Crippen LogP contribution in [-0.4, -0.2) is 59.0 Å². The molecule has 35 heavy (non-hydrogen) atoms. The number of urea groups is 1. The van der Waals surface area contributed by atoms with Crippen LogP contribution in [0.3, 0.4) is 0 Å². The predicted octanol–water partition coefficient (Wildman–Crippen LogP) is 3.68. The van der Waals surface area contributed by atoms with Crippen molar-refractivity contribution in [3.05, 3.63) is 64.4 Å². The van der Waals surface area contributed by atoms with Gasteiger partial charge in [0.05, 0.1) is 0 Å². The van der Waals surface area contributed by atoms with Gasteiger partial charge in [0.1, 0.15) is 5.82 Å². The second kappa shape index (κ2) is 11.2. The van der Waals surface area contributed by atoms with Crippen LogP contribution < -0.4 is 16.4 Å². The zero-order valence-corrected chi connectivity index (χ0v) is 20.8. The van der Waals surface area contributed by atoms with Crippen molar-refractivity contribution >= 4 is 39.5 Å². The maximum absolute atomic E-state index is 13.5. The molecule has 1 saturated heterocycles. The molecule has 1 heterocycles. The lowest BCUT2D eigenvalue weighted by atomic mass is 9.91. The number of rotatable bonds is 4. The van der Waals surface area contributed by atoms with Crippen molar-refractivity contribution in [2.24, 2.45) is 5.73 Å². The van der Waals surface area contributed by atoms with Crippen molar-refractivity contribution in [1.29, 1.82) is 0 Å². The molecule has 1 aliphatic heterocycles. The normalized spacial score (nSPS) is 22.4. The summed E-state index contributed by atoms with van der Waals surface area (Å²) >= 11 is 3.38. The Bertz CT molecular complexity index is 1080. The van der Waals surface area contributed by atoms with E-state index in [2.05, 4.69) is 26.6 Å². The molecule has 1 saturated carbocycles. The SMILES string of the molecule is NC1CCC(NC(=O)C2N(C(=O)Nc3cccc(Br)c3)CCCN2C(=O)c2ccc(F)cc2)CC1. The molecule has 1 atom stereocenters. The molecule has 0 bridgehead atoms. The highest BCUT2D eigenvalue weighted by atomic mass is 79.9. The van der Waals surface area contributed by atoms with Crippen LogP contribution in [0.1, 0.15) is 42.5 Å². The average molecular weight is 546 g/mol. The maximum atomic E-state index is 13.5. The number of halogens is 2. The van der Waals surface area contributed by atoms with Crippen molar-refractivity contribution in [3.8, 4) is 0 Å². The first-order valence-corrected chi connectivity index (χ1v) is 12.6. The lowest BCUT2D eigenvalue weighted by molar-refractivity contribution is -0.133. The molecule has 4 amide bonds. The number of anilines is 1. The van der Waals surface area contributed by atoms with Gasteiger partial charge in [0.25, 0.3) is 11.8 Å². The van der Waals surface area contributed by atoms with E-state index >= 15 is 0 Å². The number of nitrogens with two attached hydrogens (primary N) is 1. The van der Waals surface area contributed by atoms with E-state index in [1.54, 1.807) is 18.2 Å². The lowest BCUT2D eigenvalue weighted by Crippen LogP contribution is -2.65. The van der Waals surface area contributed by atoms with Crippen molar-refractivity contribution in [2.45, 2.75) is 50.4 Å². The molecule has 4 N–H and O–H groups in total. The summed E-state index contributed by atoms with van der Waals surface area (Å²) in [6, 6.07) is 11.9. The highest BCUT2D eigenvalue weighted by molar-refractivity contribution is 9.10. The summed E-state index contributed by atoms with van der Waals surface area (Å²) in [6.07, 6.45) is 2.47. The first-order valence-electron chi connectivity index (χ1n) is 11.8. The molecule has 0 aromatic heterocycles. The van der Waals surface area contributed by atoms with Gasteiger partial charge < -0.3 is 21.3 Å². The van der Waals surface area contributed by atoms with Gasteiger partial charge in [0.2, 0.25) is 0 Å². The van der Waals surface area contributed by atoms with Crippen molar-refractivity contribution in [2.75, 3.05) is 18.4 Å². The second-order valence-electron chi connectivity index (χ2n) is 8.99. The van der Waals surface area contributed by atoms with Crippen LogP contribution in [0.5, 0.6) is 0 Å². The molecule has 1 aliphatic carbocycles. The molecule has 10 heteroatoms. The van der Waals surface area contributed by atoms with E-state index in [-0.39, 0.29) is 17.6 Å². The summed E-state index contributed by atoms with van der Waals surface area (Å²) in [5.41, 5.74) is 6.81. The van der Waals surface area contributed by atoms with E-state index in [4.69, 9.17) is 5.73 Å². The number of amides is 4. The van der Waals surface area contributed by atoms with E-state index in [0.29, 0.717) is 25.2 Å². The Labute approximate surface area is 212 Å². The molecular weight excluding hydrogens is 517 g/mol. The zero-order chi connectivity index (χ0) is 24.9. The third kappa shape index (κ3) is 6.18. The van der Waals surface area contributed by atoms with Crippen LogP contribution in [-0.2, 0) is 4.79 Å². The molecule has 1 unspecified atom stereocenters. The summed E-state index contributed by atoms with van der Waals surface area (Å²) in [4.78, 5) is 43.0. The van der Waals surface area contributed by atoms with Crippen LogP contribution >= 0.6 is 15.9 Å². The predicted molar refractivity (Wildman–Crippen MR) is 134 cm³/mol. The molecule has 8 nitrogen and oxygen atoms in total. The van der Waals surface area contributed by atoms with Crippen molar-refractivity contribution in [3.63, 3.8) is 0 Å². The van der Waals surface area contributed by atoms with Gasteiger partial charge in [0.15, 0.2) is 6.17 Å². The largest absolute Gasteiger partial charge is 0.350 e. The smallest absolute Gasteiger partial charge is 0.323 e. The fourth-order valence-corrected chi connectivity index (χ4v) is 4.99. The van der Waals surface area contributed by atoms with Crippen LogP contribution in [0, 0.1) is 5.82 Å². The van der Waals surface area contributed by atoms with Crippen LogP contribution in [0.2, 0.25) is 0 Å².